The maximum absolute atomic E-state index is 13.2. The molecule has 19 heavy (non-hydrogen) atoms. The summed E-state index contributed by atoms with van der Waals surface area (Å²) < 4.78 is 28.4. The Hall–Kier alpha value is -2.21. The van der Waals surface area contributed by atoms with Gasteiger partial charge >= 0.3 is 0 Å². The minimum Gasteiger partial charge on any atom is -0.487 e. The lowest BCUT2D eigenvalue weighted by Gasteiger charge is -2.04. The molecule has 0 aliphatic carbocycles. The summed E-state index contributed by atoms with van der Waals surface area (Å²) in [4.78, 5) is 10.6. The highest BCUT2D eigenvalue weighted by molar-refractivity contribution is 5.75. The van der Waals surface area contributed by atoms with Gasteiger partial charge in [0.05, 0.1) is 0 Å². The van der Waals surface area contributed by atoms with E-state index >= 15 is 0 Å². The molecule has 5 nitrogen and oxygen atoms in total. The van der Waals surface area contributed by atoms with Crippen molar-refractivity contribution < 1.29 is 23.2 Å². The van der Waals surface area contributed by atoms with Crippen molar-refractivity contribution in [1.29, 1.82) is 0 Å². The first-order valence-corrected chi connectivity index (χ1v) is 5.53. The predicted molar refractivity (Wildman–Crippen MR) is 63.3 cm³/mol. The average Bonchev–Trinajstić information content (AvgIpc) is 2.84. The molecule has 0 bridgehead atoms. The molecule has 0 radical (unpaired) electrons. The molecule has 2 rings (SSSR count). The molecule has 1 heterocycles. The predicted octanol–water partition coefficient (Wildman–Crippen LogP) is 2.35. The second kappa shape index (κ2) is 6.10. The Kier molecular flexibility index (Phi) is 4.25. The SMILES string of the molecule is COCc1cc(COc2cc(F)cc(C=O)c2)no1. The lowest BCUT2D eigenvalue weighted by atomic mass is 10.2. The van der Waals surface area contributed by atoms with Gasteiger partial charge in [-0.15, -0.1) is 0 Å². The summed E-state index contributed by atoms with van der Waals surface area (Å²) in [7, 11) is 1.55. The molecule has 0 amide bonds. The number of halogens is 1. The molecular formula is C13H12FNO4. The fourth-order valence-electron chi connectivity index (χ4n) is 1.53. The zero-order chi connectivity index (χ0) is 13.7. The molecule has 0 aliphatic heterocycles. The van der Waals surface area contributed by atoms with E-state index in [-0.39, 0.29) is 17.9 Å². The van der Waals surface area contributed by atoms with Crippen LogP contribution in [0, 0.1) is 5.82 Å². The van der Waals surface area contributed by atoms with Gasteiger partial charge in [0.1, 0.15) is 36.8 Å². The van der Waals surface area contributed by atoms with Crippen LogP contribution in [-0.4, -0.2) is 18.6 Å². The number of carbonyl (C=O) groups excluding carboxylic acids is 1. The van der Waals surface area contributed by atoms with Gasteiger partial charge in [0.25, 0.3) is 0 Å². The number of aromatic nitrogens is 1. The van der Waals surface area contributed by atoms with Crippen molar-refractivity contribution in [1.82, 2.24) is 5.16 Å². The first-order valence-electron chi connectivity index (χ1n) is 5.53. The van der Waals surface area contributed by atoms with Crippen LogP contribution in [0.5, 0.6) is 5.75 Å². The van der Waals surface area contributed by atoms with Crippen molar-refractivity contribution in [3.63, 3.8) is 0 Å². The molecule has 0 spiro atoms. The molecule has 0 N–H and O–H groups in total. The Morgan fingerprint density at radius 3 is 2.89 bits per heavy atom. The van der Waals surface area contributed by atoms with Crippen LogP contribution in [-0.2, 0) is 18.0 Å². The summed E-state index contributed by atoms with van der Waals surface area (Å²) in [5, 5.41) is 3.77. The molecule has 0 fully saturated rings. The van der Waals surface area contributed by atoms with Crippen molar-refractivity contribution in [3.05, 3.63) is 47.1 Å². The van der Waals surface area contributed by atoms with Gasteiger partial charge in [0, 0.05) is 24.8 Å². The lowest BCUT2D eigenvalue weighted by Crippen LogP contribution is -1.97. The maximum Gasteiger partial charge on any atom is 0.162 e. The summed E-state index contributed by atoms with van der Waals surface area (Å²) >= 11 is 0. The second-order valence-corrected chi connectivity index (χ2v) is 3.84. The van der Waals surface area contributed by atoms with Crippen LogP contribution in [0.1, 0.15) is 21.8 Å². The Bertz CT molecular complexity index is 568. The largest absolute Gasteiger partial charge is 0.487 e. The summed E-state index contributed by atoms with van der Waals surface area (Å²) in [5.41, 5.74) is 0.777. The van der Waals surface area contributed by atoms with Crippen molar-refractivity contribution in [2.24, 2.45) is 0 Å². The van der Waals surface area contributed by atoms with Crippen LogP contribution in [0.4, 0.5) is 4.39 Å². The third-order valence-corrected chi connectivity index (χ3v) is 2.31. The third kappa shape index (κ3) is 3.62. The Labute approximate surface area is 108 Å². The Morgan fingerprint density at radius 1 is 1.32 bits per heavy atom. The van der Waals surface area contributed by atoms with Crippen molar-refractivity contribution >= 4 is 6.29 Å². The fourth-order valence-corrected chi connectivity index (χ4v) is 1.53. The number of ether oxygens (including phenoxy) is 2. The number of rotatable bonds is 6. The molecule has 0 saturated heterocycles. The van der Waals surface area contributed by atoms with Gasteiger partial charge in [-0.3, -0.25) is 4.79 Å². The molecule has 0 aliphatic rings. The molecule has 0 atom stereocenters. The second-order valence-electron chi connectivity index (χ2n) is 3.84. The van der Waals surface area contributed by atoms with E-state index in [0.29, 0.717) is 24.3 Å². The van der Waals surface area contributed by atoms with Crippen LogP contribution >= 0.6 is 0 Å². The molecule has 1 aromatic heterocycles. The van der Waals surface area contributed by atoms with Gasteiger partial charge < -0.3 is 14.0 Å². The van der Waals surface area contributed by atoms with Gasteiger partial charge in [0.2, 0.25) is 0 Å². The molecule has 0 unspecified atom stereocenters. The van der Waals surface area contributed by atoms with Crippen LogP contribution in [0.2, 0.25) is 0 Å². The number of benzene rings is 1. The van der Waals surface area contributed by atoms with Gasteiger partial charge in [-0.2, -0.15) is 0 Å². The third-order valence-electron chi connectivity index (χ3n) is 2.31. The Balaban J connectivity index is 2.01. The number of carbonyl (C=O) groups is 1. The van der Waals surface area contributed by atoms with Gasteiger partial charge in [-0.25, -0.2) is 4.39 Å². The molecule has 1 aromatic carbocycles. The molecular weight excluding hydrogens is 253 g/mol. The zero-order valence-corrected chi connectivity index (χ0v) is 10.3. The van der Waals surface area contributed by atoms with E-state index < -0.39 is 5.82 Å². The maximum atomic E-state index is 13.2. The van der Waals surface area contributed by atoms with Gasteiger partial charge in [-0.1, -0.05) is 5.16 Å². The first-order chi connectivity index (χ1) is 9.21. The molecule has 0 saturated carbocycles. The number of hydrogen-bond acceptors (Lipinski definition) is 5. The highest BCUT2D eigenvalue weighted by Crippen LogP contribution is 2.17. The van der Waals surface area contributed by atoms with Crippen LogP contribution in [0.3, 0.4) is 0 Å². The molecule has 100 valence electrons. The summed E-state index contributed by atoms with van der Waals surface area (Å²) in [5.74, 6) is 0.312. The zero-order valence-electron chi connectivity index (χ0n) is 10.3. The Morgan fingerprint density at radius 2 is 2.16 bits per heavy atom. The minimum absolute atomic E-state index is 0.120. The van der Waals surface area contributed by atoms with E-state index in [4.69, 9.17) is 14.0 Å². The highest BCUT2D eigenvalue weighted by Gasteiger charge is 2.06. The topological polar surface area (TPSA) is 61.6 Å². The lowest BCUT2D eigenvalue weighted by molar-refractivity contribution is 0.112. The van der Waals surface area contributed by atoms with Gasteiger partial charge in [-0.05, 0) is 12.1 Å². The first kappa shape index (κ1) is 13.2. The molecule has 2 aromatic rings. The minimum atomic E-state index is -0.528. The summed E-state index contributed by atoms with van der Waals surface area (Å²) in [6.07, 6.45) is 0.558. The van der Waals surface area contributed by atoms with E-state index in [9.17, 15) is 9.18 Å². The van der Waals surface area contributed by atoms with Gasteiger partial charge in [0.15, 0.2) is 5.76 Å². The number of methoxy groups -OCH3 is 1. The number of hydrogen-bond donors (Lipinski definition) is 0. The normalized spacial score (nSPS) is 10.4. The quantitative estimate of drug-likeness (QED) is 0.750. The smallest absolute Gasteiger partial charge is 0.162 e. The van der Waals surface area contributed by atoms with Crippen LogP contribution in [0.15, 0.2) is 28.8 Å². The summed E-state index contributed by atoms with van der Waals surface area (Å²) in [6.45, 7) is 0.442. The average molecular weight is 265 g/mol. The van der Waals surface area contributed by atoms with E-state index in [1.165, 1.54) is 12.1 Å². The monoisotopic (exact) mass is 265 g/mol. The van der Waals surface area contributed by atoms with Crippen LogP contribution in [0.25, 0.3) is 0 Å². The van der Waals surface area contributed by atoms with E-state index in [1.807, 2.05) is 0 Å². The molecule has 6 heteroatoms. The number of nitrogens with zero attached hydrogens (tertiary/aromatic N) is 1. The van der Waals surface area contributed by atoms with Crippen molar-refractivity contribution in [2.75, 3.05) is 7.11 Å². The highest BCUT2D eigenvalue weighted by atomic mass is 19.1. The van der Waals surface area contributed by atoms with E-state index in [0.717, 1.165) is 6.07 Å². The number of aldehydes is 1. The van der Waals surface area contributed by atoms with E-state index in [2.05, 4.69) is 5.16 Å². The van der Waals surface area contributed by atoms with Crippen LogP contribution < -0.4 is 4.74 Å². The van der Waals surface area contributed by atoms with E-state index in [1.54, 1.807) is 13.2 Å². The van der Waals surface area contributed by atoms with Crippen molar-refractivity contribution in [3.8, 4) is 5.75 Å². The summed E-state index contributed by atoms with van der Waals surface area (Å²) in [6, 6.07) is 5.46. The van der Waals surface area contributed by atoms with Crippen molar-refractivity contribution in [2.45, 2.75) is 13.2 Å². The standard InChI is InChI=1S/C13H12FNO4/c1-17-8-13-5-11(15-19-13)7-18-12-3-9(6-16)2-10(14)4-12/h2-6H,7-8H2,1H3. The fraction of sp³-hybridized carbons (Fsp3) is 0.231.